The highest BCUT2D eigenvalue weighted by Crippen LogP contribution is 2.19. The Hall–Kier alpha value is -1.26. The van der Waals surface area contributed by atoms with Crippen molar-refractivity contribution in [3.63, 3.8) is 0 Å². The maximum atomic E-state index is 12.5. The molecular formula is C9H11F2NO2. The quantitative estimate of drug-likeness (QED) is 0.649. The fraction of sp³-hybridized carbons (Fsp3) is 0.556. The minimum absolute atomic E-state index is 0.227. The molecule has 3 nitrogen and oxygen atoms in total. The molecule has 0 unspecified atom stereocenters. The maximum absolute atomic E-state index is 12.5. The standard InChI is InChI=1S/C9H11F2NO2/c1-6-5-7(13)12(8(6)14)4-3-9(2,10)11/h5H,3-4H2,1-2H3. The minimum atomic E-state index is -2.85. The number of alkyl halides is 2. The van der Waals surface area contributed by atoms with E-state index < -0.39 is 24.2 Å². The van der Waals surface area contributed by atoms with Gasteiger partial charge in [0, 0.05) is 24.6 Å². The van der Waals surface area contributed by atoms with Crippen molar-refractivity contribution in [1.82, 2.24) is 4.90 Å². The number of carbonyl (C=O) groups is 2. The first-order valence-electron chi connectivity index (χ1n) is 4.23. The van der Waals surface area contributed by atoms with Gasteiger partial charge in [-0.25, -0.2) is 8.78 Å². The zero-order valence-electron chi connectivity index (χ0n) is 8.01. The van der Waals surface area contributed by atoms with Crippen LogP contribution in [0.3, 0.4) is 0 Å². The van der Waals surface area contributed by atoms with E-state index in [4.69, 9.17) is 0 Å². The van der Waals surface area contributed by atoms with Crippen LogP contribution in [-0.2, 0) is 9.59 Å². The van der Waals surface area contributed by atoms with Gasteiger partial charge in [-0.3, -0.25) is 14.5 Å². The van der Waals surface area contributed by atoms with Crippen molar-refractivity contribution < 1.29 is 18.4 Å². The SMILES string of the molecule is CC1=CC(=O)N(CCC(C)(F)F)C1=O. The smallest absolute Gasteiger partial charge is 0.256 e. The lowest BCUT2D eigenvalue weighted by atomic mass is 10.2. The predicted octanol–water partition coefficient (Wildman–Crippen LogP) is 1.35. The number of halogens is 2. The first kappa shape index (κ1) is 10.8. The lowest BCUT2D eigenvalue weighted by molar-refractivity contribution is -0.138. The number of amides is 2. The second kappa shape index (κ2) is 3.48. The summed E-state index contributed by atoms with van der Waals surface area (Å²) in [6, 6.07) is 0. The van der Waals surface area contributed by atoms with Gasteiger partial charge in [0.25, 0.3) is 11.8 Å². The molecule has 0 aromatic rings. The molecule has 14 heavy (non-hydrogen) atoms. The van der Waals surface area contributed by atoms with Gasteiger partial charge in [-0.1, -0.05) is 0 Å². The van der Waals surface area contributed by atoms with Crippen LogP contribution in [0.2, 0.25) is 0 Å². The summed E-state index contributed by atoms with van der Waals surface area (Å²) in [6.07, 6.45) is 0.668. The van der Waals surface area contributed by atoms with E-state index in [2.05, 4.69) is 0 Å². The molecule has 0 N–H and O–H groups in total. The third-order valence-electron chi connectivity index (χ3n) is 1.96. The van der Waals surface area contributed by atoms with Crippen molar-refractivity contribution in [3.8, 4) is 0 Å². The van der Waals surface area contributed by atoms with Gasteiger partial charge in [-0.15, -0.1) is 0 Å². The fourth-order valence-corrected chi connectivity index (χ4v) is 1.16. The fourth-order valence-electron chi connectivity index (χ4n) is 1.16. The summed E-state index contributed by atoms with van der Waals surface area (Å²) in [4.78, 5) is 23.2. The zero-order chi connectivity index (χ0) is 10.9. The highest BCUT2D eigenvalue weighted by atomic mass is 19.3. The summed E-state index contributed by atoms with van der Waals surface area (Å²) in [5, 5.41) is 0. The molecule has 0 spiro atoms. The largest absolute Gasteiger partial charge is 0.275 e. The topological polar surface area (TPSA) is 37.4 Å². The van der Waals surface area contributed by atoms with Gasteiger partial charge in [0.15, 0.2) is 0 Å². The number of hydrogen-bond acceptors (Lipinski definition) is 2. The molecular weight excluding hydrogens is 192 g/mol. The van der Waals surface area contributed by atoms with Crippen molar-refractivity contribution in [2.24, 2.45) is 0 Å². The predicted molar refractivity (Wildman–Crippen MR) is 45.7 cm³/mol. The van der Waals surface area contributed by atoms with E-state index >= 15 is 0 Å². The third-order valence-corrected chi connectivity index (χ3v) is 1.96. The molecule has 78 valence electrons. The van der Waals surface area contributed by atoms with E-state index in [1.807, 2.05) is 0 Å². The van der Waals surface area contributed by atoms with Crippen LogP contribution in [0.4, 0.5) is 8.78 Å². The Balaban J connectivity index is 2.57. The number of rotatable bonds is 3. The van der Waals surface area contributed by atoms with Crippen LogP contribution >= 0.6 is 0 Å². The molecule has 0 bridgehead atoms. The van der Waals surface area contributed by atoms with Gasteiger partial charge in [0.2, 0.25) is 5.92 Å². The van der Waals surface area contributed by atoms with E-state index in [9.17, 15) is 18.4 Å². The second-order valence-corrected chi connectivity index (χ2v) is 3.44. The molecule has 0 aromatic carbocycles. The third kappa shape index (κ3) is 2.37. The summed E-state index contributed by atoms with van der Waals surface area (Å²) in [5.74, 6) is -3.83. The molecule has 2 amide bonds. The van der Waals surface area contributed by atoms with Crippen LogP contribution in [0, 0.1) is 0 Å². The molecule has 0 fully saturated rings. The average Bonchev–Trinajstić information content (AvgIpc) is 2.23. The molecule has 1 aliphatic heterocycles. The maximum Gasteiger partial charge on any atom is 0.256 e. The molecule has 0 radical (unpaired) electrons. The summed E-state index contributed by atoms with van der Waals surface area (Å²) in [7, 11) is 0. The highest BCUT2D eigenvalue weighted by molar-refractivity contribution is 6.15. The van der Waals surface area contributed by atoms with Gasteiger partial charge in [0.1, 0.15) is 0 Å². The van der Waals surface area contributed by atoms with E-state index in [-0.39, 0.29) is 6.54 Å². The average molecular weight is 203 g/mol. The van der Waals surface area contributed by atoms with Crippen LogP contribution in [0.5, 0.6) is 0 Å². The monoisotopic (exact) mass is 203 g/mol. The van der Waals surface area contributed by atoms with Gasteiger partial charge < -0.3 is 0 Å². The van der Waals surface area contributed by atoms with Crippen molar-refractivity contribution in [3.05, 3.63) is 11.6 Å². The van der Waals surface area contributed by atoms with Crippen molar-refractivity contribution in [2.45, 2.75) is 26.2 Å². The van der Waals surface area contributed by atoms with Gasteiger partial charge in [-0.05, 0) is 13.8 Å². The molecule has 0 aromatic heterocycles. The number of imide groups is 1. The van der Waals surface area contributed by atoms with Crippen molar-refractivity contribution >= 4 is 11.8 Å². The zero-order valence-corrected chi connectivity index (χ0v) is 8.01. The molecule has 1 aliphatic rings. The Labute approximate surface area is 80.4 Å². The Morgan fingerprint density at radius 2 is 2.00 bits per heavy atom. The number of carbonyl (C=O) groups excluding carboxylic acids is 2. The number of hydrogen-bond donors (Lipinski definition) is 0. The Kier molecular flexibility index (Phi) is 2.69. The lowest BCUT2D eigenvalue weighted by Crippen LogP contribution is -2.34. The highest BCUT2D eigenvalue weighted by Gasteiger charge is 2.31. The van der Waals surface area contributed by atoms with Gasteiger partial charge in [0.05, 0.1) is 0 Å². The normalized spacial score (nSPS) is 17.7. The summed E-state index contributed by atoms with van der Waals surface area (Å²) >= 11 is 0. The first-order chi connectivity index (χ1) is 6.31. The van der Waals surface area contributed by atoms with E-state index in [0.29, 0.717) is 5.57 Å². The van der Waals surface area contributed by atoms with Crippen molar-refractivity contribution in [2.75, 3.05) is 6.54 Å². The van der Waals surface area contributed by atoms with Crippen LogP contribution in [0.15, 0.2) is 11.6 Å². The molecule has 1 rings (SSSR count). The van der Waals surface area contributed by atoms with E-state index in [1.54, 1.807) is 0 Å². The lowest BCUT2D eigenvalue weighted by Gasteiger charge is -2.17. The summed E-state index contributed by atoms with van der Waals surface area (Å²) in [6.45, 7) is 2.03. The molecule has 1 heterocycles. The van der Waals surface area contributed by atoms with Crippen LogP contribution in [0.25, 0.3) is 0 Å². The van der Waals surface area contributed by atoms with E-state index in [1.165, 1.54) is 6.92 Å². The molecule has 0 atom stereocenters. The Bertz CT molecular complexity index is 304. The van der Waals surface area contributed by atoms with Crippen LogP contribution in [0.1, 0.15) is 20.3 Å². The molecule has 0 aliphatic carbocycles. The summed E-state index contributed by atoms with van der Waals surface area (Å²) < 4.78 is 24.9. The van der Waals surface area contributed by atoms with Crippen LogP contribution in [-0.4, -0.2) is 29.2 Å². The number of nitrogens with zero attached hydrogens (tertiary/aromatic N) is 1. The minimum Gasteiger partial charge on any atom is -0.275 e. The van der Waals surface area contributed by atoms with Crippen LogP contribution < -0.4 is 0 Å². The van der Waals surface area contributed by atoms with Gasteiger partial charge in [-0.2, -0.15) is 0 Å². The van der Waals surface area contributed by atoms with E-state index in [0.717, 1.165) is 17.9 Å². The Morgan fingerprint density at radius 1 is 1.43 bits per heavy atom. The Morgan fingerprint density at radius 3 is 2.36 bits per heavy atom. The molecule has 0 saturated carbocycles. The molecule has 5 heteroatoms. The second-order valence-electron chi connectivity index (χ2n) is 3.44. The summed E-state index contributed by atoms with van der Waals surface area (Å²) in [5.41, 5.74) is 0.300. The molecule has 0 saturated heterocycles. The van der Waals surface area contributed by atoms with Gasteiger partial charge >= 0.3 is 0 Å². The first-order valence-corrected chi connectivity index (χ1v) is 4.23. The van der Waals surface area contributed by atoms with Crippen molar-refractivity contribution in [1.29, 1.82) is 0 Å².